The van der Waals surface area contributed by atoms with Gasteiger partial charge in [0.1, 0.15) is 0 Å². The van der Waals surface area contributed by atoms with E-state index in [1.165, 1.54) is 4.88 Å². The first-order valence-electron chi connectivity index (χ1n) is 6.50. The molecule has 1 aromatic rings. The number of hydrogen-bond donors (Lipinski definition) is 1. The number of rotatable bonds is 7. The summed E-state index contributed by atoms with van der Waals surface area (Å²) in [6.45, 7) is 12.3. The van der Waals surface area contributed by atoms with Crippen LogP contribution in [0.2, 0.25) is 0 Å². The maximum atomic E-state index is 6.26. The van der Waals surface area contributed by atoms with Gasteiger partial charge in [-0.1, -0.05) is 33.8 Å². The van der Waals surface area contributed by atoms with Gasteiger partial charge in [-0.2, -0.15) is 0 Å². The Balaban J connectivity index is 2.52. The molecule has 1 rings (SSSR count). The molecular formula is C14H26N2S. The number of nitrogens with zero attached hydrogens (tertiary/aromatic N) is 1. The molecule has 0 fully saturated rings. The molecular weight excluding hydrogens is 228 g/mol. The van der Waals surface area contributed by atoms with E-state index < -0.39 is 0 Å². The van der Waals surface area contributed by atoms with Crippen LogP contribution in [0.5, 0.6) is 0 Å². The van der Waals surface area contributed by atoms with Crippen molar-refractivity contribution in [3.8, 4) is 0 Å². The summed E-state index contributed by atoms with van der Waals surface area (Å²) in [4.78, 5) is 3.79. The van der Waals surface area contributed by atoms with E-state index in [1.54, 1.807) is 11.3 Å². The van der Waals surface area contributed by atoms with E-state index in [1.807, 2.05) is 0 Å². The highest BCUT2D eigenvalue weighted by atomic mass is 32.1. The molecule has 0 aromatic carbocycles. The molecule has 0 amide bonds. The van der Waals surface area contributed by atoms with Crippen LogP contribution in [0, 0.1) is 11.8 Å². The normalized spacial score (nSPS) is 13.9. The summed E-state index contributed by atoms with van der Waals surface area (Å²) < 4.78 is 0. The zero-order valence-corrected chi connectivity index (χ0v) is 12.3. The number of hydrogen-bond acceptors (Lipinski definition) is 3. The molecule has 0 bridgehead atoms. The third-order valence-corrected chi connectivity index (χ3v) is 3.61. The van der Waals surface area contributed by atoms with E-state index >= 15 is 0 Å². The Hall–Kier alpha value is -0.380. The maximum Gasteiger partial charge on any atom is 0.0519 e. The van der Waals surface area contributed by atoms with E-state index in [9.17, 15) is 0 Å². The minimum atomic E-state index is 0.160. The predicted molar refractivity (Wildman–Crippen MR) is 77.4 cm³/mol. The highest BCUT2D eigenvalue weighted by Crippen LogP contribution is 2.18. The van der Waals surface area contributed by atoms with Crippen molar-refractivity contribution in [2.75, 3.05) is 19.6 Å². The molecule has 1 unspecified atom stereocenters. The third kappa shape index (κ3) is 5.66. The first kappa shape index (κ1) is 14.7. The summed E-state index contributed by atoms with van der Waals surface area (Å²) >= 11 is 1.76. The molecule has 1 aromatic heterocycles. The molecule has 2 N–H and O–H groups in total. The molecule has 2 nitrogen and oxygen atoms in total. The summed E-state index contributed by atoms with van der Waals surface area (Å²) in [5.74, 6) is 1.40. The second kappa shape index (κ2) is 7.14. The molecule has 0 spiro atoms. The van der Waals surface area contributed by atoms with Crippen LogP contribution in [0.1, 0.15) is 38.6 Å². The topological polar surface area (TPSA) is 29.3 Å². The van der Waals surface area contributed by atoms with Crippen molar-refractivity contribution in [2.24, 2.45) is 17.6 Å². The Morgan fingerprint density at radius 3 is 2.12 bits per heavy atom. The standard InChI is InChI=1S/C14H26N2S/c1-11(2)8-16(9-12(3)4)10-13(15)14-6-5-7-17-14/h5-7,11-13H,8-10,15H2,1-4H3. The smallest absolute Gasteiger partial charge is 0.0519 e. The monoisotopic (exact) mass is 254 g/mol. The molecule has 17 heavy (non-hydrogen) atoms. The van der Waals surface area contributed by atoms with E-state index in [-0.39, 0.29) is 6.04 Å². The van der Waals surface area contributed by atoms with Crippen LogP contribution < -0.4 is 5.73 Å². The van der Waals surface area contributed by atoms with Crippen LogP contribution in [0.25, 0.3) is 0 Å². The van der Waals surface area contributed by atoms with E-state index in [4.69, 9.17) is 5.73 Å². The molecule has 0 saturated heterocycles. The average Bonchev–Trinajstić information content (AvgIpc) is 2.67. The second-order valence-electron chi connectivity index (χ2n) is 5.63. The van der Waals surface area contributed by atoms with E-state index in [0.29, 0.717) is 11.8 Å². The van der Waals surface area contributed by atoms with E-state index in [2.05, 4.69) is 50.1 Å². The van der Waals surface area contributed by atoms with Crippen LogP contribution in [0.4, 0.5) is 0 Å². The summed E-state index contributed by atoms with van der Waals surface area (Å²) in [5, 5.41) is 2.10. The summed E-state index contributed by atoms with van der Waals surface area (Å²) in [6.07, 6.45) is 0. The lowest BCUT2D eigenvalue weighted by Gasteiger charge is -2.28. The highest BCUT2D eigenvalue weighted by Gasteiger charge is 2.15. The quantitative estimate of drug-likeness (QED) is 0.808. The average molecular weight is 254 g/mol. The van der Waals surface area contributed by atoms with Gasteiger partial charge in [0.05, 0.1) is 6.04 Å². The van der Waals surface area contributed by atoms with Gasteiger partial charge in [0.15, 0.2) is 0 Å². The zero-order valence-electron chi connectivity index (χ0n) is 11.5. The minimum Gasteiger partial charge on any atom is -0.322 e. The van der Waals surface area contributed by atoms with Crippen molar-refractivity contribution < 1.29 is 0 Å². The molecule has 0 radical (unpaired) electrons. The van der Waals surface area contributed by atoms with Gasteiger partial charge in [-0.15, -0.1) is 11.3 Å². The molecule has 1 atom stereocenters. The van der Waals surface area contributed by atoms with Crippen molar-refractivity contribution in [3.05, 3.63) is 22.4 Å². The Labute approximate surface area is 110 Å². The fourth-order valence-electron chi connectivity index (χ4n) is 2.13. The molecule has 0 aliphatic heterocycles. The van der Waals surface area contributed by atoms with Crippen molar-refractivity contribution in [1.82, 2.24) is 4.90 Å². The van der Waals surface area contributed by atoms with Crippen molar-refractivity contribution in [1.29, 1.82) is 0 Å². The fraction of sp³-hybridized carbons (Fsp3) is 0.714. The van der Waals surface area contributed by atoms with Crippen molar-refractivity contribution >= 4 is 11.3 Å². The van der Waals surface area contributed by atoms with Crippen molar-refractivity contribution in [3.63, 3.8) is 0 Å². The highest BCUT2D eigenvalue weighted by molar-refractivity contribution is 7.10. The molecule has 0 aliphatic rings. The largest absolute Gasteiger partial charge is 0.322 e. The summed E-state index contributed by atoms with van der Waals surface area (Å²) in [5.41, 5.74) is 6.26. The van der Waals surface area contributed by atoms with Crippen LogP contribution >= 0.6 is 11.3 Å². The lowest BCUT2D eigenvalue weighted by molar-refractivity contribution is 0.208. The molecule has 0 saturated carbocycles. The van der Waals surface area contributed by atoms with Crippen LogP contribution in [-0.4, -0.2) is 24.5 Å². The Morgan fingerprint density at radius 1 is 1.12 bits per heavy atom. The number of nitrogens with two attached hydrogens (primary N) is 1. The fourth-order valence-corrected chi connectivity index (χ4v) is 2.85. The second-order valence-corrected chi connectivity index (χ2v) is 6.61. The van der Waals surface area contributed by atoms with Gasteiger partial charge in [-0.3, -0.25) is 0 Å². The number of thiophene rings is 1. The van der Waals surface area contributed by atoms with Gasteiger partial charge in [0.25, 0.3) is 0 Å². The van der Waals surface area contributed by atoms with Crippen molar-refractivity contribution in [2.45, 2.75) is 33.7 Å². The lowest BCUT2D eigenvalue weighted by Crippen LogP contribution is -2.37. The van der Waals surface area contributed by atoms with Gasteiger partial charge < -0.3 is 10.6 Å². The summed E-state index contributed by atoms with van der Waals surface area (Å²) in [7, 11) is 0. The molecule has 3 heteroatoms. The predicted octanol–water partition coefficient (Wildman–Crippen LogP) is 3.36. The maximum absolute atomic E-state index is 6.26. The molecule has 0 aliphatic carbocycles. The first-order valence-corrected chi connectivity index (χ1v) is 7.38. The first-order chi connectivity index (χ1) is 7.99. The van der Waals surface area contributed by atoms with Gasteiger partial charge >= 0.3 is 0 Å². The summed E-state index contributed by atoms with van der Waals surface area (Å²) in [6, 6.07) is 4.38. The van der Waals surface area contributed by atoms with Gasteiger partial charge in [0.2, 0.25) is 0 Å². The molecule has 1 heterocycles. The van der Waals surface area contributed by atoms with Crippen LogP contribution in [-0.2, 0) is 0 Å². The lowest BCUT2D eigenvalue weighted by atomic mass is 10.1. The van der Waals surface area contributed by atoms with Gasteiger partial charge in [-0.25, -0.2) is 0 Å². The third-order valence-electron chi connectivity index (χ3n) is 2.61. The van der Waals surface area contributed by atoms with Gasteiger partial charge in [-0.05, 0) is 23.3 Å². The van der Waals surface area contributed by atoms with E-state index in [0.717, 1.165) is 19.6 Å². The van der Waals surface area contributed by atoms with Crippen LogP contribution in [0.15, 0.2) is 17.5 Å². The minimum absolute atomic E-state index is 0.160. The Bertz CT molecular complexity index is 283. The molecule has 98 valence electrons. The zero-order chi connectivity index (χ0) is 12.8. The Morgan fingerprint density at radius 2 is 1.71 bits per heavy atom. The SMILES string of the molecule is CC(C)CN(CC(C)C)CC(N)c1cccs1. The van der Waals surface area contributed by atoms with Crippen LogP contribution in [0.3, 0.4) is 0 Å². The Kier molecular flexibility index (Phi) is 6.17. The van der Waals surface area contributed by atoms with Gasteiger partial charge in [0, 0.05) is 24.5 Å².